The molecule has 0 bridgehead atoms. The number of benzene rings is 2. The van der Waals surface area contributed by atoms with Crippen LogP contribution >= 0.6 is 0 Å². The first kappa shape index (κ1) is 18.8. The van der Waals surface area contributed by atoms with E-state index in [0.29, 0.717) is 5.69 Å². The Kier molecular flexibility index (Phi) is 5.03. The van der Waals surface area contributed by atoms with Gasteiger partial charge < -0.3 is 14.4 Å². The summed E-state index contributed by atoms with van der Waals surface area (Å²) in [6.45, 7) is 4.00. The summed E-state index contributed by atoms with van der Waals surface area (Å²) in [7, 11) is 0.696. The van der Waals surface area contributed by atoms with Crippen molar-refractivity contribution in [1.29, 1.82) is 0 Å². The molecule has 0 atom stereocenters. The van der Waals surface area contributed by atoms with Gasteiger partial charge in [-0.3, -0.25) is 4.72 Å². The smallest absolute Gasteiger partial charge is 0.236 e. The van der Waals surface area contributed by atoms with Crippen LogP contribution in [0.5, 0.6) is 0 Å². The third kappa shape index (κ3) is 4.00. The van der Waals surface area contributed by atoms with Gasteiger partial charge in [0.1, 0.15) is 0 Å². The lowest BCUT2D eigenvalue weighted by molar-refractivity contribution is 0.313. The van der Waals surface area contributed by atoms with Gasteiger partial charge in [-0.05, 0) is 30.8 Å². The largest absolute Gasteiger partial charge is 0.367 e. The minimum Gasteiger partial charge on any atom is -0.367 e. The summed E-state index contributed by atoms with van der Waals surface area (Å²) in [5.74, 6) is -0.0357. The van der Waals surface area contributed by atoms with Crippen molar-refractivity contribution in [2.24, 2.45) is 7.05 Å². The van der Waals surface area contributed by atoms with Crippen LogP contribution in [0.15, 0.2) is 54.7 Å². The number of rotatable bonds is 5. The monoisotopic (exact) mass is 398 g/mol. The van der Waals surface area contributed by atoms with Crippen LogP contribution in [0.2, 0.25) is 0 Å². The lowest BCUT2D eigenvalue weighted by atomic mass is 10.2. The van der Waals surface area contributed by atoms with Crippen LogP contribution in [0.25, 0.3) is 10.9 Å². The molecular weight excluding hydrogens is 372 g/mol. The summed E-state index contributed by atoms with van der Waals surface area (Å²) < 4.78 is 30.0. The third-order valence-electron chi connectivity index (χ3n) is 5.29. The highest BCUT2D eigenvalue weighted by molar-refractivity contribution is 7.91. The molecule has 0 aliphatic carbocycles. The molecule has 0 amide bonds. The Bertz CT molecular complexity index is 1070. The molecule has 4 rings (SSSR count). The van der Waals surface area contributed by atoms with Crippen LogP contribution in [0.4, 0.5) is 11.4 Å². The fraction of sp³-hybridized carbons (Fsp3) is 0.333. The predicted octanol–water partition coefficient (Wildman–Crippen LogP) is 2.87. The Balaban J connectivity index is 1.61. The van der Waals surface area contributed by atoms with Gasteiger partial charge in [-0.25, -0.2) is 8.42 Å². The van der Waals surface area contributed by atoms with Gasteiger partial charge in [-0.1, -0.05) is 30.3 Å². The number of nitrogens with one attached hydrogen (secondary N) is 1. The summed E-state index contributed by atoms with van der Waals surface area (Å²) in [5, 5.41) is 1.08. The van der Waals surface area contributed by atoms with E-state index in [4.69, 9.17) is 0 Å². The normalized spacial score (nSPS) is 15.9. The minimum absolute atomic E-state index is 0.0357. The third-order valence-corrected chi connectivity index (χ3v) is 6.55. The second kappa shape index (κ2) is 7.48. The molecule has 6 nitrogen and oxygen atoms in total. The van der Waals surface area contributed by atoms with Crippen molar-refractivity contribution in [3.05, 3.63) is 60.3 Å². The molecule has 1 N–H and O–H groups in total. The molecule has 28 heavy (non-hydrogen) atoms. The molecule has 2 aromatic carbocycles. The van der Waals surface area contributed by atoms with Crippen LogP contribution in [-0.4, -0.2) is 51.1 Å². The molecule has 0 unspecified atom stereocenters. The van der Waals surface area contributed by atoms with Crippen molar-refractivity contribution >= 4 is 32.3 Å². The van der Waals surface area contributed by atoms with E-state index in [1.54, 1.807) is 0 Å². The van der Waals surface area contributed by atoms with Crippen molar-refractivity contribution in [3.63, 3.8) is 0 Å². The fourth-order valence-corrected chi connectivity index (χ4v) is 4.93. The molecule has 7 heteroatoms. The van der Waals surface area contributed by atoms with Gasteiger partial charge in [0.2, 0.25) is 10.0 Å². The number of hydrogen-bond acceptors (Lipinski definition) is 4. The van der Waals surface area contributed by atoms with Gasteiger partial charge in [-0.15, -0.1) is 0 Å². The molecule has 0 radical (unpaired) electrons. The minimum atomic E-state index is -3.47. The molecular formula is C21H26N4O2S. The van der Waals surface area contributed by atoms with Crippen LogP contribution in [-0.2, 0) is 22.8 Å². The second-order valence-electron chi connectivity index (χ2n) is 7.49. The average molecular weight is 399 g/mol. The summed E-state index contributed by atoms with van der Waals surface area (Å²) in [6, 6.07) is 15.0. The van der Waals surface area contributed by atoms with E-state index in [0.717, 1.165) is 48.3 Å². The lowest BCUT2D eigenvalue weighted by Gasteiger charge is -2.33. The zero-order valence-corrected chi connectivity index (χ0v) is 17.1. The van der Waals surface area contributed by atoms with E-state index in [-0.39, 0.29) is 5.75 Å². The molecule has 0 spiro atoms. The predicted molar refractivity (Wildman–Crippen MR) is 115 cm³/mol. The van der Waals surface area contributed by atoms with Crippen molar-refractivity contribution < 1.29 is 8.42 Å². The number of anilines is 2. The van der Waals surface area contributed by atoms with Crippen LogP contribution in [0, 0.1) is 0 Å². The zero-order chi connectivity index (χ0) is 19.7. The summed E-state index contributed by atoms with van der Waals surface area (Å²) in [5.41, 5.74) is 3.63. The first-order valence-corrected chi connectivity index (χ1v) is 11.1. The van der Waals surface area contributed by atoms with Gasteiger partial charge in [-0.2, -0.15) is 0 Å². The Hall–Kier alpha value is -2.51. The molecule has 3 aromatic rings. The Morgan fingerprint density at radius 3 is 2.39 bits per heavy atom. The van der Waals surface area contributed by atoms with Gasteiger partial charge in [0.05, 0.1) is 17.0 Å². The van der Waals surface area contributed by atoms with E-state index in [1.165, 1.54) is 0 Å². The van der Waals surface area contributed by atoms with E-state index < -0.39 is 10.0 Å². The first-order chi connectivity index (χ1) is 13.4. The number of aromatic nitrogens is 1. The molecule has 2 heterocycles. The number of hydrogen-bond donors (Lipinski definition) is 1. The molecule has 148 valence electrons. The zero-order valence-electron chi connectivity index (χ0n) is 16.3. The summed E-state index contributed by atoms with van der Waals surface area (Å²) >= 11 is 0. The molecule has 1 aromatic heterocycles. The Morgan fingerprint density at radius 2 is 1.68 bits per heavy atom. The second-order valence-corrected chi connectivity index (χ2v) is 9.22. The topological polar surface area (TPSA) is 57.6 Å². The van der Waals surface area contributed by atoms with Gasteiger partial charge >= 0.3 is 0 Å². The highest BCUT2D eigenvalue weighted by Gasteiger charge is 2.19. The number of aryl methyl sites for hydroxylation is 1. The first-order valence-electron chi connectivity index (χ1n) is 9.48. The van der Waals surface area contributed by atoms with Crippen molar-refractivity contribution in [2.45, 2.75) is 5.75 Å². The number of sulfonamides is 1. The van der Waals surface area contributed by atoms with E-state index in [1.807, 2.05) is 55.6 Å². The van der Waals surface area contributed by atoms with Gasteiger partial charge in [0.15, 0.2) is 0 Å². The van der Waals surface area contributed by atoms with Crippen LogP contribution < -0.4 is 9.62 Å². The number of nitrogens with zero attached hydrogens (tertiary/aromatic N) is 3. The number of likely N-dealkylation sites (N-methyl/N-ethyl adjacent to an activating group) is 1. The quantitative estimate of drug-likeness (QED) is 0.718. The van der Waals surface area contributed by atoms with E-state index in [2.05, 4.69) is 32.3 Å². The highest BCUT2D eigenvalue weighted by atomic mass is 32.2. The highest BCUT2D eigenvalue weighted by Crippen LogP contribution is 2.32. The van der Waals surface area contributed by atoms with E-state index >= 15 is 0 Å². The fourth-order valence-electron chi connectivity index (χ4n) is 3.74. The van der Waals surface area contributed by atoms with Crippen molar-refractivity contribution in [1.82, 2.24) is 9.47 Å². The Labute approximate surface area is 166 Å². The number of fused-ring (bicyclic) bond motifs is 1. The van der Waals surface area contributed by atoms with Crippen LogP contribution in [0.1, 0.15) is 5.56 Å². The van der Waals surface area contributed by atoms with Crippen molar-refractivity contribution in [3.8, 4) is 0 Å². The summed E-state index contributed by atoms with van der Waals surface area (Å²) in [4.78, 5) is 4.70. The molecule has 1 aliphatic rings. The van der Waals surface area contributed by atoms with Gasteiger partial charge in [0, 0.05) is 50.5 Å². The molecule has 1 fully saturated rings. The van der Waals surface area contributed by atoms with Gasteiger partial charge in [0.25, 0.3) is 0 Å². The average Bonchev–Trinajstić information content (AvgIpc) is 2.98. The maximum atomic E-state index is 12.6. The molecule has 1 saturated heterocycles. The molecule has 1 aliphatic heterocycles. The van der Waals surface area contributed by atoms with E-state index in [9.17, 15) is 8.42 Å². The SMILES string of the molecule is CN1CCN(c2cn(C)c3ccc(NS(=O)(=O)Cc4ccccc4)cc23)CC1. The Morgan fingerprint density at radius 1 is 0.964 bits per heavy atom. The standard InChI is InChI=1S/C21H26N4O2S/c1-23-10-12-25(13-11-23)21-15-24(2)20-9-8-18(14-19(20)21)22-28(26,27)16-17-6-4-3-5-7-17/h3-9,14-15,22H,10-13,16H2,1-2H3. The summed E-state index contributed by atoms with van der Waals surface area (Å²) in [6.07, 6.45) is 2.14. The lowest BCUT2D eigenvalue weighted by Crippen LogP contribution is -2.44. The van der Waals surface area contributed by atoms with Crippen molar-refractivity contribution in [2.75, 3.05) is 42.8 Å². The number of piperazine rings is 1. The maximum absolute atomic E-state index is 12.6. The maximum Gasteiger partial charge on any atom is 0.236 e. The molecule has 0 saturated carbocycles. The van der Waals surface area contributed by atoms with Crippen LogP contribution in [0.3, 0.4) is 0 Å².